The molecule has 0 radical (unpaired) electrons. The Hall–Kier alpha value is -1.81. The standard InChI is InChI=1S/C14H18F3NO5S/c1-13(2,3)10-8-9(12(19)18(4)22-5)6-7-11(10)23-24(20,21)14(15,16)17/h6-8H,1-5H3. The normalized spacial score (nSPS) is 12.8. The van der Waals surface area contributed by atoms with Crippen LogP contribution in [0.3, 0.4) is 0 Å². The highest BCUT2D eigenvalue weighted by Gasteiger charge is 2.49. The number of amides is 1. The van der Waals surface area contributed by atoms with Gasteiger partial charge in [-0.1, -0.05) is 20.8 Å². The topological polar surface area (TPSA) is 72.9 Å². The van der Waals surface area contributed by atoms with E-state index >= 15 is 0 Å². The van der Waals surface area contributed by atoms with Gasteiger partial charge in [0.1, 0.15) is 5.75 Å². The molecular weight excluding hydrogens is 351 g/mol. The van der Waals surface area contributed by atoms with Crippen molar-refractivity contribution in [2.45, 2.75) is 31.7 Å². The van der Waals surface area contributed by atoms with Crippen molar-refractivity contribution in [1.82, 2.24) is 5.06 Å². The molecule has 1 aromatic rings. The van der Waals surface area contributed by atoms with E-state index in [-0.39, 0.29) is 11.1 Å². The molecule has 0 bridgehead atoms. The van der Waals surface area contributed by atoms with Gasteiger partial charge in [0.2, 0.25) is 0 Å². The second kappa shape index (κ2) is 6.60. The van der Waals surface area contributed by atoms with E-state index in [1.54, 1.807) is 20.8 Å². The number of carbonyl (C=O) groups is 1. The highest BCUT2D eigenvalue weighted by Crippen LogP contribution is 2.35. The van der Waals surface area contributed by atoms with Gasteiger partial charge < -0.3 is 4.18 Å². The number of alkyl halides is 3. The van der Waals surface area contributed by atoms with Gasteiger partial charge in [-0.25, -0.2) is 5.06 Å². The molecule has 24 heavy (non-hydrogen) atoms. The molecule has 1 aromatic carbocycles. The third kappa shape index (κ3) is 4.38. The number of rotatable bonds is 4. The van der Waals surface area contributed by atoms with E-state index < -0.39 is 32.7 Å². The van der Waals surface area contributed by atoms with Gasteiger partial charge in [0.05, 0.1) is 7.11 Å². The van der Waals surface area contributed by atoms with Gasteiger partial charge in [0.25, 0.3) is 5.91 Å². The maximum atomic E-state index is 12.5. The predicted molar refractivity (Wildman–Crippen MR) is 79.8 cm³/mol. The van der Waals surface area contributed by atoms with E-state index in [0.717, 1.165) is 17.2 Å². The zero-order valence-corrected chi connectivity index (χ0v) is 14.6. The summed E-state index contributed by atoms with van der Waals surface area (Å²) in [7, 11) is -3.18. The van der Waals surface area contributed by atoms with Gasteiger partial charge in [0.15, 0.2) is 0 Å². The SMILES string of the molecule is CON(C)C(=O)c1ccc(OS(=O)(=O)C(F)(F)F)c(C(C)(C)C)c1. The summed E-state index contributed by atoms with van der Waals surface area (Å²) >= 11 is 0. The van der Waals surface area contributed by atoms with Crippen molar-refractivity contribution in [2.75, 3.05) is 14.2 Å². The van der Waals surface area contributed by atoms with Crippen LogP contribution in [0.2, 0.25) is 0 Å². The van der Waals surface area contributed by atoms with Crippen LogP contribution in [0, 0.1) is 0 Å². The van der Waals surface area contributed by atoms with Gasteiger partial charge >= 0.3 is 15.6 Å². The predicted octanol–water partition coefficient (Wildman–Crippen LogP) is 2.85. The summed E-state index contributed by atoms with van der Waals surface area (Å²) < 4.78 is 64.2. The Labute approximate surface area is 138 Å². The van der Waals surface area contributed by atoms with Crippen molar-refractivity contribution in [3.8, 4) is 5.75 Å². The minimum Gasteiger partial charge on any atom is -0.376 e. The molecular formula is C14H18F3NO5S. The van der Waals surface area contributed by atoms with Crippen molar-refractivity contribution in [3.63, 3.8) is 0 Å². The highest BCUT2D eigenvalue weighted by molar-refractivity contribution is 7.88. The lowest BCUT2D eigenvalue weighted by atomic mass is 9.85. The van der Waals surface area contributed by atoms with E-state index in [2.05, 4.69) is 4.18 Å². The van der Waals surface area contributed by atoms with Crippen LogP contribution in [0.5, 0.6) is 5.75 Å². The molecule has 0 atom stereocenters. The first-order valence-corrected chi connectivity index (χ1v) is 8.09. The summed E-state index contributed by atoms with van der Waals surface area (Å²) in [6.45, 7) is 4.93. The Morgan fingerprint density at radius 2 is 1.71 bits per heavy atom. The fourth-order valence-corrected chi connectivity index (χ4v) is 2.23. The Bertz CT molecular complexity index is 723. The molecule has 10 heteroatoms. The van der Waals surface area contributed by atoms with Crippen LogP contribution < -0.4 is 4.18 Å². The van der Waals surface area contributed by atoms with Crippen LogP contribution in [-0.4, -0.2) is 39.1 Å². The molecule has 6 nitrogen and oxygen atoms in total. The van der Waals surface area contributed by atoms with Gasteiger partial charge in [-0.2, -0.15) is 21.6 Å². The number of nitrogens with zero attached hydrogens (tertiary/aromatic N) is 1. The van der Waals surface area contributed by atoms with Gasteiger partial charge in [0, 0.05) is 18.2 Å². The first-order chi connectivity index (χ1) is 10.7. The first-order valence-electron chi connectivity index (χ1n) is 6.68. The summed E-state index contributed by atoms with van der Waals surface area (Å²) in [6, 6.07) is 3.45. The van der Waals surface area contributed by atoms with E-state index in [9.17, 15) is 26.4 Å². The van der Waals surface area contributed by atoms with Gasteiger partial charge in [-0.05, 0) is 23.6 Å². The molecule has 0 fully saturated rings. The molecule has 0 aliphatic carbocycles. The number of carbonyl (C=O) groups excluding carboxylic acids is 1. The van der Waals surface area contributed by atoms with Gasteiger partial charge in [-0.3, -0.25) is 9.63 Å². The number of hydrogen-bond acceptors (Lipinski definition) is 5. The van der Waals surface area contributed by atoms with E-state index in [1.807, 2.05) is 0 Å². The zero-order valence-electron chi connectivity index (χ0n) is 13.8. The molecule has 0 aromatic heterocycles. The highest BCUT2D eigenvalue weighted by atomic mass is 32.2. The van der Waals surface area contributed by atoms with Crippen molar-refractivity contribution < 1.29 is 35.4 Å². The van der Waals surface area contributed by atoms with Crippen LogP contribution >= 0.6 is 0 Å². The Morgan fingerprint density at radius 1 is 1.17 bits per heavy atom. The molecule has 0 spiro atoms. The Kier molecular flexibility index (Phi) is 5.56. The van der Waals surface area contributed by atoms with Crippen molar-refractivity contribution in [2.24, 2.45) is 0 Å². The number of benzene rings is 1. The Morgan fingerprint density at radius 3 is 2.12 bits per heavy atom. The maximum absolute atomic E-state index is 12.5. The minimum atomic E-state index is -5.81. The average Bonchev–Trinajstić information content (AvgIpc) is 2.43. The molecule has 0 unspecified atom stereocenters. The minimum absolute atomic E-state index is 0.112. The second-order valence-corrected chi connectivity index (χ2v) is 7.47. The third-order valence-electron chi connectivity index (χ3n) is 3.08. The van der Waals surface area contributed by atoms with Crippen molar-refractivity contribution in [1.29, 1.82) is 0 Å². The van der Waals surface area contributed by atoms with E-state index in [1.165, 1.54) is 20.2 Å². The molecule has 0 aliphatic heterocycles. The van der Waals surface area contributed by atoms with E-state index in [4.69, 9.17) is 4.84 Å². The summed E-state index contributed by atoms with van der Waals surface area (Å²) in [6.07, 6.45) is 0. The second-order valence-electron chi connectivity index (χ2n) is 5.93. The molecule has 136 valence electrons. The summed E-state index contributed by atoms with van der Waals surface area (Å²) in [5.41, 5.74) is -6.09. The van der Waals surface area contributed by atoms with Crippen LogP contribution in [0.25, 0.3) is 0 Å². The maximum Gasteiger partial charge on any atom is 0.534 e. The average molecular weight is 369 g/mol. The molecule has 0 saturated heterocycles. The van der Waals surface area contributed by atoms with Crippen molar-refractivity contribution in [3.05, 3.63) is 29.3 Å². The number of hydrogen-bond donors (Lipinski definition) is 0. The van der Waals surface area contributed by atoms with Crippen LogP contribution in [-0.2, 0) is 20.4 Å². The van der Waals surface area contributed by atoms with Gasteiger partial charge in [-0.15, -0.1) is 0 Å². The van der Waals surface area contributed by atoms with Crippen LogP contribution in [0.15, 0.2) is 18.2 Å². The lowest BCUT2D eigenvalue weighted by Crippen LogP contribution is -2.29. The van der Waals surface area contributed by atoms with Crippen LogP contribution in [0.1, 0.15) is 36.7 Å². The zero-order chi connectivity index (χ0) is 18.9. The van der Waals surface area contributed by atoms with Crippen LogP contribution in [0.4, 0.5) is 13.2 Å². The Balaban J connectivity index is 3.41. The molecule has 0 N–H and O–H groups in total. The van der Waals surface area contributed by atoms with E-state index in [0.29, 0.717) is 0 Å². The molecule has 0 saturated carbocycles. The largest absolute Gasteiger partial charge is 0.534 e. The molecule has 1 amide bonds. The lowest BCUT2D eigenvalue weighted by molar-refractivity contribution is -0.0757. The fraction of sp³-hybridized carbons (Fsp3) is 0.500. The molecule has 1 rings (SSSR count). The molecule has 0 heterocycles. The fourth-order valence-electron chi connectivity index (χ4n) is 1.75. The third-order valence-corrected chi connectivity index (χ3v) is 4.04. The lowest BCUT2D eigenvalue weighted by Gasteiger charge is -2.24. The quantitative estimate of drug-likeness (QED) is 0.464. The molecule has 0 aliphatic rings. The monoisotopic (exact) mass is 369 g/mol. The number of halogens is 3. The first kappa shape index (κ1) is 20.2. The van der Waals surface area contributed by atoms with Crippen molar-refractivity contribution >= 4 is 16.0 Å². The summed E-state index contributed by atoms with van der Waals surface area (Å²) in [5.74, 6) is -1.04. The summed E-state index contributed by atoms with van der Waals surface area (Å²) in [4.78, 5) is 16.8. The number of hydroxylamine groups is 2. The smallest absolute Gasteiger partial charge is 0.376 e. The summed E-state index contributed by atoms with van der Waals surface area (Å²) in [5, 5.41) is 0.925.